The van der Waals surface area contributed by atoms with Gasteiger partial charge in [0.1, 0.15) is 0 Å². The van der Waals surface area contributed by atoms with Crippen molar-refractivity contribution in [2.45, 2.75) is 79.1 Å². The van der Waals surface area contributed by atoms with Crippen LogP contribution in [0.2, 0.25) is 0 Å². The van der Waals surface area contributed by atoms with Crippen LogP contribution in [0.15, 0.2) is 0 Å². The van der Waals surface area contributed by atoms with Gasteiger partial charge in [0, 0.05) is 34.2 Å². The maximum Gasteiger partial charge on any atom is 0.0190 e. The minimum absolute atomic E-state index is 0. The molecule has 1 nitrogen and oxygen atoms in total. The number of unbranched alkanes of at least 4 members (excludes halogenated alkanes) is 2. The molecule has 0 radical (unpaired) electrons. The van der Waals surface area contributed by atoms with Gasteiger partial charge >= 0.3 is 0 Å². The summed E-state index contributed by atoms with van der Waals surface area (Å²) in [5, 5.41) is 0. The quantitative estimate of drug-likeness (QED) is 0.235. The van der Waals surface area contributed by atoms with Crippen molar-refractivity contribution in [3.05, 3.63) is 0 Å². The maximum absolute atomic E-state index is 5.32. The van der Waals surface area contributed by atoms with Crippen LogP contribution < -0.4 is 0 Å². The molecule has 0 aliphatic heterocycles. The smallest absolute Gasteiger partial charge is 0.0190 e. The summed E-state index contributed by atoms with van der Waals surface area (Å²) in [6.07, 6.45) is 10.3. The van der Waals surface area contributed by atoms with Gasteiger partial charge in [-0.05, 0) is 24.7 Å². The fourth-order valence-corrected chi connectivity index (χ4v) is 2.98. The van der Waals surface area contributed by atoms with Crippen molar-refractivity contribution in [3.8, 4) is 0 Å². The van der Waals surface area contributed by atoms with Gasteiger partial charge in [-0.3, -0.25) is 0 Å². The SMILES string of the molecule is CCCCC(CC)CN(CC(CC)CCCC)C(=S)[S-].[Mo]. The van der Waals surface area contributed by atoms with Crippen LogP contribution in [-0.2, 0) is 33.7 Å². The van der Waals surface area contributed by atoms with E-state index < -0.39 is 0 Å². The first-order valence-electron chi connectivity index (χ1n) is 8.54. The molecule has 2 atom stereocenters. The van der Waals surface area contributed by atoms with E-state index >= 15 is 0 Å². The van der Waals surface area contributed by atoms with Crippen LogP contribution in [-0.4, -0.2) is 22.3 Å². The normalized spacial score (nSPS) is 13.3. The van der Waals surface area contributed by atoms with Crippen molar-refractivity contribution in [2.24, 2.45) is 11.8 Å². The van der Waals surface area contributed by atoms with Crippen molar-refractivity contribution in [1.29, 1.82) is 0 Å². The van der Waals surface area contributed by atoms with Crippen LogP contribution in [0, 0.1) is 11.8 Å². The van der Waals surface area contributed by atoms with E-state index in [1.165, 1.54) is 51.4 Å². The van der Waals surface area contributed by atoms with Gasteiger partial charge in [0.05, 0.1) is 0 Å². The van der Waals surface area contributed by atoms with Crippen LogP contribution in [0.4, 0.5) is 0 Å². The monoisotopic (exact) mass is 414 g/mol. The maximum atomic E-state index is 5.32. The largest absolute Gasteiger partial charge is 0.411 e. The van der Waals surface area contributed by atoms with E-state index in [1.54, 1.807) is 0 Å². The van der Waals surface area contributed by atoms with Crippen LogP contribution in [0.1, 0.15) is 79.1 Å². The first kappa shape index (κ1) is 24.1. The zero-order chi connectivity index (χ0) is 15.4. The number of hydrogen-bond donors (Lipinski definition) is 0. The van der Waals surface area contributed by atoms with E-state index in [0.29, 0.717) is 4.32 Å². The van der Waals surface area contributed by atoms with Crippen molar-refractivity contribution >= 4 is 29.2 Å². The van der Waals surface area contributed by atoms with Gasteiger partial charge in [0.2, 0.25) is 0 Å². The molecule has 0 aromatic carbocycles. The summed E-state index contributed by atoms with van der Waals surface area (Å²) in [6, 6.07) is 0. The second kappa shape index (κ2) is 15.7. The molecule has 0 heterocycles. The van der Waals surface area contributed by atoms with Gasteiger partial charge in [-0.15, -0.1) is 0 Å². The molecule has 4 heteroatoms. The summed E-state index contributed by atoms with van der Waals surface area (Å²) < 4.78 is 0.676. The van der Waals surface area contributed by atoms with Gasteiger partial charge in [0.15, 0.2) is 0 Å². The molecule has 0 amide bonds. The standard InChI is InChI=1S/C17H35NS2.Mo/c1-5-9-11-15(7-3)13-18(17(19)20)14-16(8-4)12-10-6-2;/h15-16H,5-14H2,1-4H3,(H,19,20);/p-1. The predicted octanol–water partition coefficient (Wildman–Crippen LogP) is 5.55. The molecule has 0 fully saturated rings. The van der Waals surface area contributed by atoms with Crippen LogP contribution in [0.3, 0.4) is 0 Å². The van der Waals surface area contributed by atoms with Gasteiger partial charge in [-0.2, -0.15) is 0 Å². The van der Waals surface area contributed by atoms with Crippen molar-refractivity contribution in [2.75, 3.05) is 13.1 Å². The molecule has 0 rings (SSSR count). The van der Waals surface area contributed by atoms with Crippen LogP contribution in [0.5, 0.6) is 0 Å². The third-order valence-electron chi connectivity index (χ3n) is 4.30. The van der Waals surface area contributed by atoms with E-state index in [9.17, 15) is 0 Å². The third-order valence-corrected chi connectivity index (χ3v) is 4.82. The Hall–Kier alpha value is 0.798. The topological polar surface area (TPSA) is 3.24 Å². The molecule has 21 heavy (non-hydrogen) atoms. The van der Waals surface area contributed by atoms with Gasteiger partial charge in [-0.1, -0.05) is 70.5 Å². The molecule has 0 bridgehead atoms. The average molecular weight is 413 g/mol. The Morgan fingerprint density at radius 2 is 1.29 bits per heavy atom. The Bertz CT molecular complexity index is 231. The molecule has 0 aliphatic rings. The molecule has 0 aliphatic carbocycles. The zero-order valence-electron chi connectivity index (χ0n) is 14.4. The number of nitrogens with zero attached hydrogens (tertiary/aromatic N) is 1. The second-order valence-electron chi connectivity index (χ2n) is 6.00. The molecule has 0 spiro atoms. The fourth-order valence-electron chi connectivity index (χ4n) is 2.68. The number of hydrogen-bond acceptors (Lipinski definition) is 2. The Kier molecular flexibility index (Phi) is 18.0. The van der Waals surface area contributed by atoms with E-state index in [4.69, 9.17) is 24.8 Å². The Balaban J connectivity index is 0. The van der Waals surface area contributed by atoms with E-state index in [-0.39, 0.29) is 21.1 Å². The molecule has 0 N–H and O–H groups in total. The summed E-state index contributed by atoms with van der Waals surface area (Å²) in [5.41, 5.74) is 0. The second-order valence-corrected chi connectivity index (χ2v) is 7.04. The summed E-state index contributed by atoms with van der Waals surface area (Å²) in [5.74, 6) is 1.50. The number of thiocarbonyl (C=S) groups is 1. The van der Waals surface area contributed by atoms with Gasteiger partial charge < -0.3 is 29.7 Å². The first-order valence-corrected chi connectivity index (χ1v) is 9.36. The predicted molar refractivity (Wildman–Crippen MR) is 98.1 cm³/mol. The Labute approximate surface area is 158 Å². The minimum Gasteiger partial charge on any atom is -0.411 e. The van der Waals surface area contributed by atoms with Gasteiger partial charge in [0.25, 0.3) is 0 Å². The molecule has 0 saturated carbocycles. The summed E-state index contributed by atoms with van der Waals surface area (Å²) in [4.78, 5) is 2.30. The van der Waals surface area contributed by atoms with E-state index in [0.717, 1.165) is 24.9 Å². The number of rotatable bonds is 12. The minimum atomic E-state index is 0. The fraction of sp³-hybridized carbons (Fsp3) is 0.941. The van der Waals surface area contributed by atoms with Crippen molar-refractivity contribution < 1.29 is 21.1 Å². The van der Waals surface area contributed by atoms with E-state index in [1.807, 2.05) is 0 Å². The Morgan fingerprint density at radius 3 is 1.52 bits per heavy atom. The summed E-state index contributed by atoms with van der Waals surface area (Å²) in [7, 11) is 0. The molecule has 0 saturated heterocycles. The average Bonchev–Trinajstić information content (AvgIpc) is 2.45. The summed E-state index contributed by atoms with van der Waals surface area (Å²) >= 11 is 10.6. The Morgan fingerprint density at radius 1 is 0.905 bits per heavy atom. The van der Waals surface area contributed by atoms with Gasteiger partial charge in [-0.25, -0.2) is 0 Å². The van der Waals surface area contributed by atoms with Crippen molar-refractivity contribution in [1.82, 2.24) is 4.90 Å². The third kappa shape index (κ3) is 12.0. The van der Waals surface area contributed by atoms with E-state index in [2.05, 4.69) is 32.6 Å². The zero-order valence-corrected chi connectivity index (χ0v) is 18.0. The summed E-state index contributed by atoms with van der Waals surface area (Å²) in [6.45, 7) is 11.3. The molecule has 0 aromatic heterocycles. The molecular weight excluding hydrogens is 378 g/mol. The molecule has 2 unspecified atom stereocenters. The first-order chi connectivity index (χ1) is 9.58. The molecule has 126 valence electrons. The molecule has 0 aromatic rings. The van der Waals surface area contributed by atoms with Crippen LogP contribution >= 0.6 is 12.2 Å². The van der Waals surface area contributed by atoms with Crippen LogP contribution in [0.25, 0.3) is 0 Å². The molecular formula is C17H34MoNS2-. The van der Waals surface area contributed by atoms with Crippen molar-refractivity contribution in [3.63, 3.8) is 0 Å².